The van der Waals surface area contributed by atoms with Gasteiger partial charge in [-0.05, 0) is 25.0 Å². The molecule has 0 aliphatic heterocycles. The van der Waals surface area contributed by atoms with E-state index in [0.29, 0.717) is 5.75 Å². The van der Waals surface area contributed by atoms with Gasteiger partial charge in [0, 0.05) is 11.8 Å². The van der Waals surface area contributed by atoms with Gasteiger partial charge in [0.15, 0.2) is 5.16 Å². The molecule has 3 rings (SSSR count). The Morgan fingerprint density at radius 3 is 2.95 bits per heavy atom. The molecule has 19 heavy (non-hydrogen) atoms. The quantitative estimate of drug-likeness (QED) is 0.844. The molecule has 1 aliphatic carbocycles. The SMILES string of the molecule is COc1ccc2nc(SCC3(O)CCCC3)[nH]c2c1. The van der Waals surface area contributed by atoms with E-state index in [1.54, 1.807) is 18.9 Å². The first-order valence-corrected chi connectivity index (χ1v) is 7.56. The van der Waals surface area contributed by atoms with E-state index in [0.717, 1.165) is 47.6 Å². The highest BCUT2D eigenvalue weighted by Gasteiger charge is 2.31. The molecule has 5 heteroatoms. The van der Waals surface area contributed by atoms with Crippen molar-refractivity contribution >= 4 is 22.8 Å². The minimum Gasteiger partial charge on any atom is -0.497 e. The first kappa shape index (κ1) is 12.8. The van der Waals surface area contributed by atoms with Crippen molar-refractivity contribution in [3.05, 3.63) is 18.2 Å². The van der Waals surface area contributed by atoms with Gasteiger partial charge in [0.1, 0.15) is 5.75 Å². The van der Waals surface area contributed by atoms with Crippen LogP contribution in [0.2, 0.25) is 0 Å². The van der Waals surface area contributed by atoms with Crippen LogP contribution in [0.3, 0.4) is 0 Å². The van der Waals surface area contributed by atoms with E-state index < -0.39 is 5.60 Å². The molecule has 102 valence electrons. The molecule has 0 atom stereocenters. The van der Waals surface area contributed by atoms with E-state index in [1.807, 2.05) is 18.2 Å². The second-order valence-electron chi connectivity index (χ2n) is 5.15. The highest BCUT2D eigenvalue weighted by Crippen LogP contribution is 2.34. The number of aromatic amines is 1. The highest BCUT2D eigenvalue weighted by atomic mass is 32.2. The number of fused-ring (bicyclic) bond motifs is 1. The fourth-order valence-corrected chi connectivity index (χ4v) is 3.58. The molecule has 1 fully saturated rings. The zero-order chi connectivity index (χ0) is 13.3. The number of nitrogens with one attached hydrogen (secondary N) is 1. The van der Waals surface area contributed by atoms with Gasteiger partial charge in [0.25, 0.3) is 0 Å². The van der Waals surface area contributed by atoms with E-state index >= 15 is 0 Å². The predicted molar refractivity (Wildman–Crippen MR) is 76.8 cm³/mol. The van der Waals surface area contributed by atoms with Crippen molar-refractivity contribution in [2.45, 2.75) is 36.4 Å². The zero-order valence-corrected chi connectivity index (χ0v) is 11.8. The van der Waals surface area contributed by atoms with Crippen LogP contribution in [0.4, 0.5) is 0 Å². The molecule has 0 radical (unpaired) electrons. The summed E-state index contributed by atoms with van der Waals surface area (Å²) in [6.45, 7) is 0. The number of thioether (sulfide) groups is 1. The van der Waals surface area contributed by atoms with Gasteiger partial charge in [-0.3, -0.25) is 0 Å². The minimum atomic E-state index is -0.499. The fourth-order valence-electron chi connectivity index (χ4n) is 2.54. The number of hydrogen-bond donors (Lipinski definition) is 2. The van der Waals surface area contributed by atoms with Crippen molar-refractivity contribution < 1.29 is 9.84 Å². The molecular formula is C14H18N2O2S. The Morgan fingerprint density at radius 1 is 1.42 bits per heavy atom. The Kier molecular flexibility index (Phi) is 3.41. The normalized spacial score (nSPS) is 18.0. The van der Waals surface area contributed by atoms with Crippen LogP contribution < -0.4 is 4.74 Å². The molecule has 0 spiro atoms. The molecule has 1 aromatic heterocycles. The summed E-state index contributed by atoms with van der Waals surface area (Å²) in [6, 6.07) is 5.79. The maximum absolute atomic E-state index is 10.3. The first-order valence-electron chi connectivity index (χ1n) is 6.57. The van der Waals surface area contributed by atoms with Crippen LogP contribution in [0.1, 0.15) is 25.7 Å². The van der Waals surface area contributed by atoms with Gasteiger partial charge < -0.3 is 14.8 Å². The third kappa shape index (κ3) is 2.72. The number of hydrogen-bond acceptors (Lipinski definition) is 4. The number of rotatable bonds is 4. The third-order valence-corrected chi connectivity index (χ3v) is 4.83. The Bertz CT molecular complexity index is 576. The summed E-state index contributed by atoms with van der Waals surface area (Å²) >= 11 is 1.60. The van der Waals surface area contributed by atoms with Gasteiger partial charge in [0.05, 0.1) is 23.7 Å². The molecule has 0 saturated heterocycles. The molecule has 0 bridgehead atoms. The lowest BCUT2D eigenvalue weighted by Crippen LogP contribution is -2.27. The lowest BCUT2D eigenvalue weighted by Gasteiger charge is -2.20. The van der Waals surface area contributed by atoms with E-state index in [2.05, 4.69) is 9.97 Å². The number of H-pyrrole nitrogens is 1. The van der Waals surface area contributed by atoms with Gasteiger partial charge in [-0.15, -0.1) is 0 Å². The van der Waals surface area contributed by atoms with Crippen molar-refractivity contribution in [1.82, 2.24) is 9.97 Å². The van der Waals surface area contributed by atoms with E-state index in [-0.39, 0.29) is 0 Å². The molecule has 4 nitrogen and oxygen atoms in total. The first-order chi connectivity index (χ1) is 9.18. The third-order valence-electron chi connectivity index (χ3n) is 3.68. The molecule has 0 unspecified atom stereocenters. The Labute approximate surface area is 116 Å². The largest absolute Gasteiger partial charge is 0.497 e. The van der Waals surface area contributed by atoms with Gasteiger partial charge in [-0.2, -0.15) is 0 Å². The number of aliphatic hydroxyl groups is 1. The van der Waals surface area contributed by atoms with Crippen LogP contribution in [-0.4, -0.2) is 33.5 Å². The van der Waals surface area contributed by atoms with E-state index in [1.165, 1.54) is 0 Å². The molecule has 2 aromatic rings. The second kappa shape index (κ2) is 5.06. The predicted octanol–water partition coefficient (Wildman–Crippen LogP) is 2.97. The summed E-state index contributed by atoms with van der Waals surface area (Å²) in [4.78, 5) is 7.79. The van der Waals surface area contributed by atoms with Crippen LogP contribution in [0.5, 0.6) is 5.75 Å². The van der Waals surface area contributed by atoms with Crippen molar-refractivity contribution in [3.8, 4) is 5.75 Å². The van der Waals surface area contributed by atoms with Crippen LogP contribution in [0, 0.1) is 0 Å². The molecule has 1 saturated carbocycles. The number of imidazole rings is 1. The Balaban J connectivity index is 1.74. The standard InChI is InChI=1S/C14H18N2O2S/c1-18-10-4-5-11-12(8-10)16-13(15-11)19-9-14(17)6-2-3-7-14/h4-5,8,17H,2-3,6-7,9H2,1H3,(H,15,16). The smallest absolute Gasteiger partial charge is 0.166 e. The molecule has 2 N–H and O–H groups in total. The van der Waals surface area contributed by atoms with Crippen molar-refractivity contribution in [1.29, 1.82) is 0 Å². The van der Waals surface area contributed by atoms with E-state index in [9.17, 15) is 5.11 Å². The van der Waals surface area contributed by atoms with Crippen molar-refractivity contribution in [3.63, 3.8) is 0 Å². The number of ether oxygens (including phenoxy) is 1. The molecule has 1 aliphatic rings. The molecular weight excluding hydrogens is 260 g/mol. The summed E-state index contributed by atoms with van der Waals surface area (Å²) in [7, 11) is 1.66. The average molecular weight is 278 g/mol. The summed E-state index contributed by atoms with van der Waals surface area (Å²) in [6.07, 6.45) is 4.09. The summed E-state index contributed by atoms with van der Waals surface area (Å²) < 4.78 is 5.19. The van der Waals surface area contributed by atoms with Gasteiger partial charge in [-0.25, -0.2) is 4.98 Å². The lowest BCUT2D eigenvalue weighted by atomic mass is 10.1. The monoisotopic (exact) mass is 278 g/mol. The number of aromatic nitrogens is 2. The van der Waals surface area contributed by atoms with Crippen LogP contribution >= 0.6 is 11.8 Å². The topological polar surface area (TPSA) is 58.1 Å². The van der Waals surface area contributed by atoms with E-state index in [4.69, 9.17) is 4.74 Å². The number of nitrogens with zero attached hydrogens (tertiary/aromatic N) is 1. The Morgan fingerprint density at radius 2 is 2.21 bits per heavy atom. The molecule has 1 heterocycles. The van der Waals surface area contributed by atoms with Gasteiger partial charge >= 0.3 is 0 Å². The van der Waals surface area contributed by atoms with Crippen LogP contribution in [0.15, 0.2) is 23.4 Å². The van der Waals surface area contributed by atoms with Crippen molar-refractivity contribution in [2.24, 2.45) is 0 Å². The summed E-state index contributed by atoms with van der Waals surface area (Å²) in [5, 5.41) is 11.2. The maximum Gasteiger partial charge on any atom is 0.166 e. The van der Waals surface area contributed by atoms with Crippen molar-refractivity contribution in [2.75, 3.05) is 12.9 Å². The molecule has 1 aromatic carbocycles. The zero-order valence-electron chi connectivity index (χ0n) is 11.0. The number of benzene rings is 1. The fraction of sp³-hybridized carbons (Fsp3) is 0.500. The van der Waals surface area contributed by atoms with Gasteiger partial charge in [0.2, 0.25) is 0 Å². The minimum absolute atomic E-state index is 0.499. The highest BCUT2D eigenvalue weighted by molar-refractivity contribution is 7.99. The second-order valence-corrected chi connectivity index (χ2v) is 6.11. The summed E-state index contributed by atoms with van der Waals surface area (Å²) in [5.74, 6) is 1.53. The van der Waals surface area contributed by atoms with Gasteiger partial charge in [-0.1, -0.05) is 24.6 Å². The summed E-state index contributed by atoms with van der Waals surface area (Å²) in [5.41, 5.74) is 1.41. The lowest BCUT2D eigenvalue weighted by molar-refractivity contribution is 0.0732. The molecule has 0 amide bonds. The number of methoxy groups -OCH3 is 1. The van der Waals surface area contributed by atoms with Crippen LogP contribution in [0.25, 0.3) is 11.0 Å². The maximum atomic E-state index is 10.3. The average Bonchev–Trinajstić information content (AvgIpc) is 3.02. The van der Waals surface area contributed by atoms with Crippen LogP contribution in [-0.2, 0) is 0 Å². The Hall–Kier alpha value is -1.20.